The van der Waals surface area contributed by atoms with Gasteiger partial charge in [0.1, 0.15) is 11.6 Å². The van der Waals surface area contributed by atoms with Crippen LogP contribution < -0.4 is 5.32 Å². The molecule has 1 aliphatic carbocycles. The standard InChI is InChI=1S/C29H24F4N4O2/c1-28(2)25-20(5-3-6-23(25)37(27(28)39)16-24-34-13-4-14-35-24)17-7-12-22(29(31,32)33)21(15-17)26(38)36-19-10-8-18(30)9-11-19/h3-15,20,25H,16H2,1-2H3,(H,36,38). The molecule has 6 nitrogen and oxygen atoms in total. The second-order valence-electron chi connectivity index (χ2n) is 10.0. The predicted molar refractivity (Wildman–Crippen MR) is 136 cm³/mol. The normalized spacial score (nSPS) is 20.0. The van der Waals surface area contributed by atoms with Gasteiger partial charge in [0.15, 0.2) is 0 Å². The lowest BCUT2D eigenvalue weighted by molar-refractivity contribution is -0.138. The summed E-state index contributed by atoms with van der Waals surface area (Å²) < 4.78 is 55.0. The summed E-state index contributed by atoms with van der Waals surface area (Å²) in [6.07, 6.45) is 3.81. The molecule has 1 fully saturated rings. The molecule has 0 radical (unpaired) electrons. The van der Waals surface area contributed by atoms with Gasteiger partial charge < -0.3 is 10.2 Å². The number of carbonyl (C=O) groups excluding carboxylic acids is 2. The number of carbonyl (C=O) groups is 2. The van der Waals surface area contributed by atoms with E-state index >= 15 is 0 Å². The van der Waals surface area contributed by atoms with Crippen LogP contribution in [0.2, 0.25) is 0 Å². The Kier molecular flexibility index (Phi) is 6.57. The molecule has 2 atom stereocenters. The van der Waals surface area contributed by atoms with Crippen LogP contribution in [0.25, 0.3) is 0 Å². The Morgan fingerprint density at radius 3 is 2.44 bits per heavy atom. The molecule has 3 aromatic rings. The van der Waals surface area contributed by atoms with Crippen LogP contribution in [0.4, 0.5) is 23.2 Å². The summed E-state index contributed by atoms with van der Waals surface area (Å²) in [6.45, 7) is 3.76. The highest BCUT2D eigenvalue weighted by atomic mass is 19.4. The van der Waals surface area contributed by atoms with Gasteiger partial charge in [-0.05, 0) is 54.1 Å². The first-order chi connectivity index (χ1) is 18.5. The van der Waals surface area contributed by atoms with Crippen molar-refractivity contribution in [3.05, 3.63) is 113 Å². The number of fused-ring (bicyclic) bond motifs is 1. The van der Waals surface area contributed by atoms with Crippen molar-refractivity contribution in [3.8, 4) is 0 Å². The number of rotatable bonds is 5. The molecule has 10 heteroatoms. The molecule has 39 heavy (non-hydrogen) atoms. The van der Waals surface area contributed by atoms with Crippen LogP contribution in [0.1, 0.15) is 47.1 Å². The number of aromatic nitrogens is 2. The smallest absolute Gasteiger partial charge is 0.322 e. The number of halogens is 4. The summed E-state index contributed by atoms with van der Waals surface area (Å²) in [7, 11) is 0. The molecular formula is C29H24F4N4O2. The zero-order valence-corrected chi connectivity index (χ0v) is 21.0. The Hall–Kier alpha value is -4.34. The second-order valence-corrected chi connectivity index (χ2v) is 10.0. The molecule has 2 aliphatic rings. The highest BCUT2D eigenvalue weighted by Gasteiger charge is 2.54. The molecular weight excluding hydrogens is 512 g/mol. The number of nitrogens with one attached hydrogen (secondary N) is 1. The first-order valence-electron chi connectivity index (χ1n) is 12.2. The van der Waals surface area contributed by atoms with Gasteiger partial charge in [-0.3, -0.25) is 9.59 Å². The van der Waals surface area contributed by atoms with Crippen molar-refractivity contribution >= 4 is 17.5 Å². The number of benzene rings is 2. The quantitative estimate of drug-likeness (QED) is 0.400. The number of nitrogens with zero attached hydrogens (tertiary/aromatic N) is 3. The van der Waals surface area contributed by atoms with Gasteiger partial charge in [-0.25, -0.2) is 14.4 Å². The first kappa shape index (κ1) is 26.3. The molecule has 200 valence electrons. The lowest BCUT2D eigenvalue weighted by Crippen LogP contribution is -2.33. The van der Waals surface area contributed by atoms with Gasteiger partial charge >= 0.3 is 6.18 Å². The minimum Gasteiger partial charge on any atom is -0.322 e. The topological polar surface area (TPSA) is 75.2 Å². The van der Waals surface area contributed by atoms with Gasteiger partial charge in [-0.2, -0.15) is 13.2 Å². The summed E-state index contributed by atoms with van der Waals surface area (Å²) in [5.74, 6) is -2.09. The SMILES string of the molecule is CC1(C)C(=O)N(Cc2ncccn2)C2=CC=CC(c3ccc(C(F)(F)F)c(C(=O)Nc4ccc(F)cc4)c3)C21. The number of hydrogen-bond donors (Lipinski definition) is 1. The van der Waals surface area contributed by atoms with Gasteiger partial charge in [0.25, 0.3) is 5.91 Å². The van der Waals surface area contributed by atoms with Gasteiger partial charge in [0.2, 0.25) is 5.91 Å². The Balaban J connectivity index is 1.52. The summed E-state index contributed by atoms with van der Waals surface area (Å²) in [5.41, 5.74) is -1.23. The van der Waals surface area contributed by atoms with Crippen molar-refractivity contribution < 1.29 is 27.2 Å². The molecule has 1 aromatic heterocycles. The minimum absolute atomic E-state index is 0.152. The zero-order valence-electron chi connectivity index (χ0n) is 21.0. The molecule has 0 bridgehead atoms. The monoisotopic (exact) mass is 536 g/mol. The third kappa shape index (κ3) is 4.94. The van der Waals surface area contributed by atoms with E-state index in [9.17, 15) is 27.2 Å². The van der Waals surface area contributed by atoms with Crippen molar-refractivity contribution in [3.63, 3.8) is 0 Å². The van der Waals surface area contributed by atoms with Gasteiger partial charge in [0.05, 0.1) is 23.1 Å². The molecule has 1 aliphatic heterocycles. The number of alkyl halides is 3. The molecule has 0 spiro atoms. The molecule has 2 aromatic carbocycles. The molecule has 1 N–H and O–H groups in total. The third-order valence-corrected chi connectivity index (χ3v) is 7.15. The van der Waals surface area contributed by atoms with E-state index in [1.54, 1.807) is 43.3 Å². The fourth-order valence-corrected chi connectivity index (χ4v) is 5.30. The number of hydrogen-bond acceptors (Lipinski definition) is 4. The van der Waals surface area contributed by atoms with E-state index in [4.69, 9.17) is 0 Å². The molecule has 2 heterocycles. The predicted octanol–water partition coefficient (Wildman–Crippen LogP) is 6.11. The molecule has 0 saturated carbocycles. The van der Waals surface area contributed by atoms with Crippen molar-refractivity contribution in [1.82, 2.24) is 14.9 Å². The van der Waals surface area contributed by atoms with E-state index < -0.39 is 46.3 Å². The highest BCUT2D eigenvalue weighted by Crippen LogP contribution is 2.53. The lowest BCUT2D eigenvalue weighted by atomic mass is 9.68. The fourth-order valence-electron chi connectivity index (χ4n) is 5.30. The van der Waals surface area contributed by atoms with E-state index in [1.807, 2.05) is 12.2 Å². The maximum atomic E-state index is 13.9. The summed E-state index contributed by atoms with van der Waals surface area (Å²) in [4.78, 5) is 36.6. The maximum absolute atomic E-state index is 13.9. The summed E-state index contributed by atoms with van der Waals surface area (Å²) >= 11 is 0. The van der Waals surface area contributed by atoms with E-state index in [0.29, 0.717) is 17.1 Å². The van der Waals surface area contributed by atoms with Crippen LogP contribution in [0.3, 0.4) is 0 Å². The van der Waals surface area contributed by atoms with Crippen molar-refractivity contribution in [1.29, 1.82) is 0 Å². The third-order valence-electron chi connectivity index (χ3n) is 7.15. The fraction of sp³-hybridized carbons (Fsp3) is 0.241. The van der Waals surface area contributed by atoms with Gasteiger partial charge in [0, 0.05) is 35.6 Å². The first-order valence-corrected chi connectivity index (χ1v) is 12.2. The van der Waals surface area contributed by atoms with E-state index in [1.165, 1.54) is 24.3 Å². The van der Waals surface area contributed by atoms with Crippen LogP contribution in [0, 0.1) is 17.2 Å². The Morgan fingerprint density at radius 2 is 1.77 bits per heavy atom. The number of anilines is 1. The Labute approximate surface area is 222 Å². The number of allylic oxidation sites excluding steroid dienone is 4. The van der Waals surface area contributed by atoms with Gasteiger partial charge in [-0.1, -0.05) is 32.1 Å². The average molecular weight is 537 g/mol. The van der Waals surface area contributed by atoms with Crippen molar-refractivity contribution in [2.24, 2.45) is 11.3 Å². The van der Waals surface area contributed by atoms with Crippen molar-refractivity contribution in [2.75, 3.05) is 5.32 Å². The molecule has 2 amide bonds. The summed E-state index contributed by atoms with van der Waals surface area (Å²) in [5, 5.41) is 2.42. The zero-order chi connectivity index (χ0) is 27.9. The van der Waals surface area contributed by atoms with Crippen LogP contribution in [-0.4, -0.2) is 26.7 Å². The average Bonchev–Trinajstić information content (AvgIpc) is 3.10. The molecule has 5 rings (SSSR count). The number of likely N-dealkylation sites (tertiary alicyclic amines) is 1. The maximum Gasteiger partial charge on any atom is 0.417 e. The highest BCUT2D eigenvalue weighted by molar-refractivity contribution is 6.05. The summed E-state index contributed by atoms with van der Waals surface area (Å²) in [6, 6.07) is 9.87. The van der Waals surface area contributed by atoms with Gasteiger partial charge in [-0.15, -0.1) is 0 Å². The lowest BCUT2D eigenvalue weighted by Gasteiger charge is -2.33. The Bertz CT molecular complexity index is 1480. The number of amides is 2. The minimum atomic E-state index is -4.78. The Morgan fingerprint density at radius 1 is 1.08 bits per heavy atom. The van der Waals surface area contributed by atoms with Crippen molar-refractivity contribution in [2.45, 2.75) is 32.5 Å². The largest absolute Gasteiger partial charge is 0.417 e. The second kappa shape index (κ2) is 9.76. The molecule has 2 unspecified atom stereocenters. The van der Waals surface area contributed by atoms with Crippen LogP contribution >= 0.6 is 0 Å². The van der Waals surface area contributed by atoms with Crippen LogP contribution in [0.5, 0.6) is 0 Å². The van der Waals surface area contributed by atoms with E-state index in [-0.39, 0.29) is 18.1 Å². The van der Waals surface area contributed by atoms with E-state index in [0.717, 1.165) is 18.2 Å². The van der Waals surface area contributed by atoms with E-state index in [2.05, 4.69) is 15.3 Å². The van der Waals surface area contributed by atoms with Crippen LogP contribution in [-0.2, 0) is 17.5 Å². The molecule has 1 saturated heterocycles. The van der Waals surface area contributed by atoms with Crippen LogP contribution in [0.15, 0.2) is 84.8 Å².